The molecule has 0 aromatic rings. The van der Waals surface area contributed by atoms with Crippen LogP contribution in [0.25, 0.3) is 0 Å². The van der Waals surface area contributed by atoms with Gasteiger partial charge >= 0.3 is 0 Å². The van der Waals surface area contributed by atoms with Crippen molar-refractivity contribution in [1.82, 2.24) is 0 Å². The van der Waals surface area contributed by atoms with E-state index in [0.29, 0.717) is 6.54 Å². The summed E-state index contributed by atoms with van der Waals surface area (Å²) >= 11 is 0. The molecule has 1 unspecified atom stereocenters. The van der Waals surface area contributed by atoms with Crippen molar-refractivity contribution in [3.8, 4) is 0 Å². The van der Waals surface area contributed by atoms with Gasteiger partial charge in [-0.15, -0.1) is 0 Å². The van der Waals surface area contributed by atoms with Crippen LogP contribution in [0, 0.1) is 0 Å². The predicted octanol–water partition coefficient (Wildman–Crippen LogP) is -1.29. The highest BCUT2D eigenvalue weighted by molar-refractivity contribution is 4.54. The van der Waals surface area contributed by atoms with Crippen LogP contribution < -0.4 is 11.5 Å². The lowest BCUT2D eigenvalue weighted by Gasteiger charge is -2.41. The van der Waals surface area contributed by atoms with E-state index in [9.17, 15) is 0 Å². The van der Waals surface area contributed by atoms with Gasteiger partial charge in [-0.2, -0.15) is 0 Å². The molecule has 4 heteroatoms. The maximum Gasteiger partial charge on any atom is 0.152 e. The van der Waals surface area contributed by atoms with E-state index in [1.54, 1.807) is 0 Å². The number of ether oxygens (including phenoxy) is 1. The lowest BCUT2D eigenvalue weighted by atomic mass is 10.3. The summed E-state index contributed by atoms with van der Waals surface area (Å²) in [5.41, 5.74) is 11.4. The summed E-state index contributed by atoms with van der Waals surface area (Å²) in [6, 6.07) is 0. The number of likely N-dealkylation sites (N-methyl/N-ethyl adjacent to an activating group) is 1. The van der Waals surface area contributed by atoms with Crippen molar-refractivity contribution in [3.05, 3.63) is 0 Å². The van der Waals surface area contributed by atoms with E-state index in [0.717, 1.165) is 30.8 Å². The number of hydrogen-bond donors (Lipinski definition) is 2. The molecule has 1 fully saturated rings. The standard InChI is InChI=1S/C7H18N3O/c1-10(7(9)6-8)2-4-11-5-3-10/h7H,2-6,8-9H2,1H3/q+1. The Labute approximate surface area is 67.7 Å². The molecule has 1 atom stereocenters. The van der Waals surface area contributed by atoms with Crippen molar-refractivity contribution in [2.24, 2.45) is 11.5 Å². The van der Waals surface area contributed by atoms with Crippen LogP contribution in [0.15, 0.2) is 0 Å². The van der Waals surface area contributed by atoms with E-state index < -0.39 is 0 Å². The molecule has 0 aliphatic carbocycles. The largest absolute Gasteiger partial charge is 0.370 e. The first-order valence-corrected chi connectivity index (χ1v) is 4.07. The number of quaternary nitrogens is 1. The molecule has 0 bridgehead atoms. The summed E-state index contributed by atoms with van der Waals surface area (Å²) in [5.74, 6) is 0. The van der Waals surface area contributed by atoms with Crippen molar-refractivity contribution < 1.29 is 9.22 Å². The van der Waals surface area contributed by atoms with Gasteiger partial charge in [0.1, 0.15) is 13.1 Å². The average Bonchev–Trinajstić information content (AvgIpc) is 2.04. The molecule has 11 heavy (non-hydrogen) atoms. The highest BCUT2D eigenvalue weighted by Gasteiger charge is 2.30. The minimum atomic E-state index is 0.0684. The van der Waals surface area contributed by atoms with Crippen molar-refractivity contribution in [3.63, 3.8) is 0 Å². The molecule has 1 aliphatic rings. The highest BCUT2D eigenvalue weighted by atomic mass is 16.5. The maximum atomic E-state index is 5.87. The Hall–Kier alpha value is -0.160. The fraction of sp³-hybridized carbons (Fsp3) is 1.00. The van der Waals surface area contributed by atoms with Crippen LogP contribution in [0.1, 0.15) is 0 Å². The fourth-order valence-corrected chi connectivity index (χ4v) is 1.35. The second-order valence-corrected chi connectivity index (χ2v) is 3.34. The van der Waals surface area contributed by atoms with E-state index in [-0.39, 0.29) is 6.17 Å². The van der Waals surface area contributed by atoms with E-state index >= 15 is 0 Å². The topological polar surface area (TPSA) is 61.3 Å². The molecule has 0 aromatic carbocycles. The minimum absolute atomic E-state index is 0.0684. The molecule has 4 nitrogen and oxygen atoms in total. The van der Waals surface area contributed by atoms with Gasteiger partial charge in [0.05, 0.1) is 26.8 Å². The van der Waals surface area contributed by atoms with Gasteiger partial charge in [-0.1, -0.05) is 0 Å². The molecule has 1 rings (SSSR count). The van der Waals surface area contributed by atoms with Gasteiger partial charge in [-0.3, -0.25) is 5.73 Å². The van der Waals surface area contributed by atoms with Crippen LogP contribution >= 0.6 is 0 Å². The Morgan fingerprint density at radius 1 is 1.45 bits per heavy atom. The second kappa shape index (κ2) is 3.49. The molecule has 1 saturated heterocycles. The number of nitrogens with two attached hydrogens (primary N) is 2. The molecule has 0 spiro atoms. The van der Waals surface area contributed by atoms with E-state index in [4.69, 9.17) is 16.2 Å². The summed E-state index contributed by atoms with van der Waals surface area (Å²) in [4.78, 5) is 0. The van der Waals surface area contributed by atoms with E-state index in [1.165, 1.54) is 0 Å². The summed E-state index contributed by atoms with van der Waals surface area (Å²) < 4.78 is 6.11. The van der Waals surface area contributed by atoms with E-state index in [1.807, 2.05) is 0 Å². The first-order valence-electron chi connectivity index (χ1n) is 4.07. The van der Waals surface area contributed by atoms with Crippen LogP contribution in [-0.4, -0.2) is 50.5 Å². The van der Waals surface area contributed by atoms with Crippen LogP contribution in [0.3, 0.4) is 0 Å². The van der Waals surface area contributed by atoms with Gasteiger partial charge in [0.2, 0.25) is 0 Å². The number of nitrogens with zero attached hydrogens (tertiary/aromatic N) is 1. The third-order valence-corrected chi connectivity index (χ3v) is 2.54. The Morgan fingerprint density at radius 3 is 2.45 bits per heavy atom. The molecule has 1 heterocycles. The Bertz CT molecular complexity index is 123. The zero-order valence-electron chi connectivity index (χ0n) is 7.12. The SMILES string of the molecule is C[N+]1(C(N)CN)CCOCC1. The zero-order valence-corrected chi connectivity index (χ0v) is 7.12. The van der Waals surface area contributed by atoms with Crippen molar-refractivity contribution in [2.75, 3.05) is 39.9 Å². The number of hydrogen-bond acceptors (Lipinski definition) is 3. The third kappa shape index (κ3) is 1.90. The van der Waals surface area contributed by atoms with Gasteiger partial charge in [-0.05, 0) is 0 Å². The van der Waals surface area contributed by atoms with Gasteiger partial charge in [0, 0.05) is 0 Å². The monoisotopic (exact) mass is 160 g/mol. The molecule has 0 radical (unpaired) electrons. The van der Waals surface area contributed by atoms with E-state index in [2.05, 4.69) is 7.05 Å². The summed E-state index contributed by atoms with van der Waals surface area (Å²) in [5, 5.41) is 0. The van der Waals surface area contributed by atoms with Crippen molar-refractivity contribution in [2.45, 2.75) is 6.17 Å². The highest BCUT2D eigenvalue weighted by Crippen LogP contribution is 2.09. The summed E-state index contributed by atoms with van der Waals surface area (Å²) in [7, 11) is 2.14. The van der Waals surface area contributed by atoms with Crippen LogP contribution in [0.4, 0.5) is 0 Å². The quantitative estimate of drug-likeness (QED) is 0.494. The van der Waals surface area contributed by atoms with Crippen LogP contribution in [0.2, 0.25) is 0 Å². The first-order chi connectivity index (χ1) is 5.19. The predicted molar refractivity (Wildman–Crippen MR) is 43.8 cm³/mol. The molecular formula is C7H18N3O+. The molecule has 4 N–H and O–H groups in total. The molecule has 0 amide bonds. The Kier molecular flexibility index (Phi) is 2.84. The normalized spacial score (nSPS) is 26.5. The maximum absolute atomic E-state index is 5.87. The molecule has 0 saturated carbocycles. The van der Waals surface area contributed by atoms with Crippen molar-refractivity contribution in [1.29, 1.82) is 0 Å². The fourth-order valence-electron chi connectivity index (χ4n) is 1.35. The number of morpholine rings is 1. The van der Waals surface area contributed by atoms with Gasteiger partial charge in [-0.25, -0.2) is 0 Å². The summed E-state index contributed by atoms with van der Waals surface area (Å²) in [6.07, 6.45) is 0.0684. The van der Waals surface area contributed by atoms with Crippen LogP contribution in [0.5, 0.6) is 0 Å². The zero-order chi connectivity index (χ0) is 8.32. The van der Waals surface area contributed by atoms with Gasteiger partial charge in [0.25, 0.3) is 0 Å². The average molecular weight is 160 g/mol. The molecular weight excluding hydrogens is 142 g/mol. The Balaban J connectivity index is 2.49. The Morgan fingerprint density at radius 2 is 2.00 bits per heavy atom. The molecule has 0 aromatic heterocycles. The minimum Gasteiger partial charge on any atom is -0.370 e. The lowest BCUT2D eigenvalue weighted by molar-refractivity contribution is -0.938. The number of rotatable bonds is 2. The van der Waals surface area contributed by atoms with Crippen molar-refractivity contribution >= 4 is 0 Å². The first kappa shape index (κ1) is 8.93. The third-order valence-electron chi connectivity index (χ3n) is 2.54. The van der Waals surface area contributed by atoms with Crippen LogP contribution in [-0.2, 0) is 4.74 Å². The van der Waals surface area contributed by atoms with Gasteiger partial charge < -0.3 is 15.0 Å². The molecule has 1 aliphatic heterocycles. The summed E-state index contributed by atoms with van der Waals surface area (Å²) in [6.45, 7) is 4.14. The molecule has 66 valence electrons. The smallest absolute Gasteiger partial charge is 0.152 e. The van der Waals surface area contributed by atoms with Gasteiger partial charge in [0.15, 0.2) is 6.17 Å². The lowest BCUT2D eigenvalue weighted by Crippen LogP contribution is -2.64. The second-order valence-electron chi connectivity index (χ2n) is 3.34.